The van der Waals surface area contributed by atoms with E-state index in [4.69, 9.17) is 0 Å². The summed E-state index contributed by atoms with van der Waals surface area (Å²) in [4.78, 5) is 38.0. The molecule has 5 rings (SSSR count). The summed E-state index contributed by atoms with van der Waals surface area (Å²) in [7, 11) is 0. The summed E-state index contributed by atoms with van der Waals surface area (Å²) < 4.78 is 27.1. The normalized spacial score (nSPS) is 31.9. The van der Waals surface area contributed by atoms with Gasteiger partial charge in [-0.1, -0.05) is 12.1 Å². The van der Waals surface area contributed by atoms with Gasteiger partial charge in [-0.15, -0.1) is 0 Å². The van der Waals surface area contributed by atoms with Gasteiger partial charge in [-0.3, -0.25) is 19.7 Å². The van der Waals surface area contributed by atoms with Crippen LogP contribution in [0.1, 0.15) is 47.2 Å². The molecule has 1 aromatic rings. The van der Waals surface area contributed by atoms with E-state index in [1.807, 2.05) is 12.1 Å². The standard InChI is InChI=1S/C21H24F2N4O3/c22-21(23)10-20(21)6-13(25-11-20)8-24-7-12-2-1-3-14-15(12)9-27(19(14)30)16-4-5-17(28)26-18(16)29/h1-3,13,16,24-25H,4-11H2,(H,26,28,29). The van der Waals surface area contributed by atoms with Gasteiger partial charge in [-0.2, -0.15) is 0 Å². The van der Waals surface area contributed by atoms with Crippen LogP contribution in [-0.2, 0) is 22.7 Å². The fraction of sp³-hybridized carbons (Fsp3) is 0.571. The Bertz CT molecular complexity index is 937. The Kier molecular flexibility index (Phi) is 4.44. The molecule has 9 heteroatoms. The van der Waals surface area contributed by atoms with Crippen LogP contribution in [0.15, 0.2) is 18.2 Å². The third-order valence-corrected chi connectivity index (χ3v) is 6.96. The quantitative estimate of drug-likeness (QED) is 0.619. The van der Waals surface area contributed by atoms with E-state index in [-0.39, 0.29) is 30.7 Å². The molecule has 3 N–H and O–H groups in total. The molecular formula is C21H24F2N4O3. The molecule has 4 aliphatic rings. The first kappa shape index (κ1) is 19.6. The molecule has 7 nitrogen and oxygen atoms in total. The zero-order valence-corrected chi connectivity index (χ0v) is 16.5. The highest BCUT2D eigenvalue weighted by Gasteiger charge is 2.72. The molecule has 1 aromatic carbocycles. The van der Waals surface area contributed by atoms with Crippen molar-refractivity contribution in [3.05, 3.63) is 34.9 Å². The topological polar surface area (TPSA) is 90.5 Å². The summed E-state index contributed by atoms with van der Waals surface area (Å²) in [6, 6.07) is 4.88. The average molecular weight is 418 g/mol. The van der Waals surface area contributed by atoms with Gasteiger partial charge in [-0.05, 0) is 30.0 Å². The number of nitrogens with one attached hydrogen (secondary N) is 3. The van der Waals surface area contributed by atoms with E-state index in [0.717, 1.165) is 11.1 Å². The highest BCUT2D eigenvalue weighted by molar-refractivity contribution is 6.05. The van der Waals surface area contributed by atoms with Gasteiger partial charge < -0.3 is 15.5 Å². The molecule has 3 aliphatic heterocycles. The summed E-state index contributed by atoms with van der Waals surface area (Å²) in [5.41, 5.74) is 1.57. The van der Waals surface area contributed by atoms with Crippen molar-refractivity contribution in [2.75, 3.05) is 13.1 Å². The fourth-order valence-electron chi connectivity index (χ4n) is 5.09. The lowest BCUT2D eigenvalue weighted by molar-refractivity contribution is -0.136. The number of benzene rings is 1. The first-order chi connectivity index (χ1) is 14.3. The number of imide groups is 1. The number of carbonyl (C=O) groups excluding carboxylic acids is 3. The minimum atomic E-state index is -2.53. The molecule has 3 unspecified atom stereocenters. The first-order valence-electron chi connectivity index (χ1n) is 10.4. The molecule has 3 amide bonds. The predicted octanol–water partition coefficient (Wildman–Crippen LogP) is 0.924. The van der Waals surface area contributed by atoms with E-state index < -0.39 is 23.3 Å². The molecule has 1 aliphatic carbocycles. The SMILES string of the molecule is O=C1CCC(N2Cc3c(CNCC4CC5(CN4)CC5(F)F)cccc3C2=O)C(=O)N1. The lowest BCUT2D eigenvalue weighted by Gasteiger charge is -2.29. The van der Waals surface area contributed by atoms with E-state index in [1.165, 1.54) is 4.90 Å². The third kappa shape index (κ3) is 3.11. The smallest absolute Gasteiger partial charge is 0.255 e. The number of carbonyl (C=O) groups is 3. The molecule has 3 fully saturated rings. The van der Waals surface area contributed by atoms with Crippen molar-refractivity contribution in [1.29, 1.82) is 0 Å². The molecule has 0 aromatic heterocycles. The van der Waals surface area contributed by atoms with Crippen molar-refractivity contribution in [1.82, 2.24) is 20.9 Å². The molecule has 30 heavy (non-hydrogen) atoms. The second-order valence-corrected chi connectivity index (χ2v) is 8.92. The molecule has 1 spiro atoms. The molecule has 160 valence electrons. The summed E-state index contributed by atoms with van der Waals surface area (Å²) in [5, 5.41) is 8.83. The van der Waals surface area contributed by atoms with E-state index >= 15 is 0 Å². The number of fused-ring (bicyclic) bond motifs is 1. The second-order valence-electron chi connectivity index (χ2n) is 8.92. The summed E-state index contributed by atoms with van der Waals surface area (Å²) >= 11 is 0. The van der Waals surface area contributed by atoms with Crippen LogP contribution in [0, 0.1) is 5.41 Å². The van der Waals surface area contributed by atoms with Gasteiger partial charge in [0.1, 0.15) is 6.04 Å². The Hall–Kier alpha value is -2.39. The maximum absolute atomic E-state index is 13.5. The van der Waals surface area contributed by atoms with Crippen molar-refractivity contribution in [3.8, 4) is 0 Å². The number of alkyl halides is 2. The van der Waals surface area contributed by atoms with E-state index in [9.17, 15) is 23.2 Å². The molecule has 0 radical (unpaired) electrons. The van der Waals surface area contributed by atoms with Gasteiger partial charge in [0.15, 0.2) is 0 Å². The average Bonchev–Trinajstić information content (AvgIpc) is 2.99. The summed E-state index contributed by atoms with van der Waals surface area (Å²) in [5.74, 6) is -3.46. The zero-order chi connectivity index (χ0) is 21.1. The molecular weight excluding hydrogens is 394 g/mol. The third-order valence-electron chi connectivity index (χ3n) is 6.96. The summed E-state index contributed by atoms with van der Waals surface area (Å²) in [6.07, 6.45) is 1.01. The Morgan fingerprint density at radius 1 is 1.23 bits per heavy atom. The van der Waals surface area contributed by atoms with Gasteiger partial charge in [0.2, 0.25) is 11.8 Å². The van der Waals surface area contributed by atoms with Crippen LogP contribution in [0.25, 0.3) is 0 Å². The minimum Gasteiger partial charge on any atom is -0.322 e. The number of hydrogen-bond donors (Lipinski definition) is 3. The van der Waals surface area contributed by atoms with Gasteiger partial charge in [-0.25, -0.2) is 8.78 Å². The van der Waals surface area contributed by atoms with Crippen LogP contribution in [-0.4, -0.2) is 53.7 Å². The number of nitrogens with zero attached hydrogens (tertiary/aromatic N) is 1. The Balaban J connectivity index is 1.22. The van der Waals surface area contributed by atoms with Crippen LogP contribution in [0.3, 0.4) is 0 Å². The van der Waals surface area contributed by atoms with Crippen LogP contribution < -0.4 is 16.0 Å². The molecule has 3 atom stereocenters. The Morgan fingerprint density at radius 2 is 2.03 bits per heavy atom. The fourth-order valence-corrected chi connectivity index (χ4v) is 5.09. The lowest BCUT2D eigenvalue weighted by Crippen LogP contribution is -2.52. The maximum atomic E-state index is 13.5. The van der Waals surface area contributed by atoms with E-state index in [0.29, 0.717) is 44.6 Å². The highest BCUT2D eigenvalue weighted by atomic mass is 19.3. The largest absolute Gasteiger partial charge is 0.322 e. The predicted molar refractivity (Wildman–Crippen MR) is 103 cm³/mol. The van der Waals surface area contributed by atoms with Crippen molar-refractivity contribution >= 4 is 17.7 Å². The zero-order valence-electron chi connectivity index (χ0n) is 16.5. The van der Waals surface area contributed by atoms with Gasteiger partial charge in [0.25, 0.3) is 11.8 Å². The van der Waals surface area contributed by atoms with E-state index in [1.54, 1.807) is 6.07 Å². The molecule has 1 saturated carbocycles. The van der Waals surface area contributed by atoms with Crippen molar-refractivity contribution in [2.45, 2.75) is 56.8 Å². The van der Waals surface area contributed by atoms with Crippen LogP contribution in [0.2, 0.25) is 0 Å². The van der Waals surface area contributed by atoms with Gasteiger partial charge >= 0.3 is 0 Å². The van der Waals surface area contributed by atoms with Crippen LogP contribution in [0.4, 0.5) is 8.78 Å². The van der Waals surface area contributed by atoms with Gasteiger partial charge in [0, 0.05) is 50.6 Å². The van der Waals surface area contributed by atoms with Gasteiger partial charge in [0.05, 0.1) is 5.41 Å². The van der Waals surface area contributed by atoms with Crippen molar-refractivity contribution < 1.29 is 23.2 Å². The number of halogens is 2. The Labute approximate surface area is 172 Å². The Morgan fingerprint density at radius 3 is 2.73 bits per heavy atom. The van der Waals surface area contributed by atoms with Crippen molar-refractivity contribution in [3.63, 3.8) is 0 Å². The van der Waals surface area contributed by atoms with Crippen molar-refractivity contribution in [2.24, 2.45) is 5.41 Å². The number of hydrogen-bond acceptors (Lipinski definition) is 5. The lowest BCUT2D eigenvalue weighted by atomic mass is 10.0. The monoisotopic (exact) mass is 418 g/mol. The maximum Gasteiger partial charge on any atom is 0.255 e. The first-order valence-corrected chi connectivity index (χ1v) is 10.4. The molecule has 0 bridgehead atoms. The second kappa shape index (κ2) is 6.81. The summed E-state index contributed by atoms with van der Waals surface area (Å²) in [6.45, 7) is 1.78. The molecule has 2 saturated heterocycles. The minimum absolute atomic E-state index is 0.0109. The molecule has 3 heterocycles. The highest BCUT2D eigenvalue weighted by Crippen LogP contribution is 2.64. The van der Waals surface area contributed by atoms with Crippen LogP contribution >= 0.6 is 0 Å². The van der Waals surface area contributed by atoms with E-state index in [2.05, 4.69) is 16.0 Å². The number of amides is 3. The number of rotatable bonds is 5. The number of piperidine rings is 1. The van der Waals surface area contributed by atoms with Crippen LogP contribution in [0.5, 0.6) is 0 Å².